The zero-order valence-corrected chi connectivity index (χ0v) is 12.8. The van der Waals surface area contributed by atoms with Crippen molar-refractivity contribution < 1.29 is 9.53 Å². The van der Waals surface area contributed by atoms with E-state index in [0.29, 0.717) is 17.5 Å². The van der Waals surface area contributed by atoms with Crippen molar-refractivity contribution in [1.82, 2.24) is 5.32 Å². The molecule has 0 saturated carbocycles. The summed E-state index contributed by atoms with van der Waals surface area (Å²) in [5, 5.41) is 3.64. The third-order valence-electron chi connectivity index (χ3n) is 3.92. The van der Waals surface area contributed by atoms with Crippen molar-refractivity contribution in [3.63, 3.8) is 0 Å². The Morgan fingerprint density at radius 2 is 1.95 bits per heavy atom. The minimum atomic E-state index is -0.212. The van der Waals surface area contributed by atoms with Crippen molar-refractivity contribution in [3.05, 3.63) is 35.9 Å². The number of nitrogens with one attached hydrogen (secondary N) is 1. The first-order valence-electron chi connectivity index (χ1n) is 7.41. The summed E-state index contributed by atoms with van der Waals surface area (Å²) in [6.45, 7) is 8.75. The van der Waals surface area contributed by atoms with Gasteiger partial charge in [0.1, 0.15) is 6.10 Å². The van der Waals surface area contributed by atoms with E-state index in [-0.39, 0.29) is 17.6 Å². The highest BCUT2D eigenvalue weighted by molar-refractivity contribution is 5.89. The second kappa shape index (κ2) is 5.96. The predicted molar refractivity (Wildman–Crippen MR) is 80.7 cm³/mol. The Balaban J connectivity index is 2.03. The molecule has 2 rings (SSSR count). The molecule has 0 aromatic heterocycles. The Labute approximate surface area is 121 Å². The molecular weight excluding hydrogens is 250 g/mol. The first-order valence-corrected chi connectivity index (χ1v) is 7.41. The molecule has 1 aromatic rings. The lowest BCUT2D eigenvalue weighted by Gasteiger charge is -2.42. The van der Waals surface area contributed by atoms with Crippen LogP contribution >= 0.6 is 0 Å². The van der Waals surface area contributed by atoms with Gasteiger partial charge in [-0.1, -0.05) is 32.0 Å². The Morgan fingerprint density at radius 1 is 1.30 bits per heavy atom. The van der Waals surface area contributed by atoms with Crippen LogP contribution in [0.1, 0.15) is 50.9 Å². The van der Waals surface area contributed by atoms with Crippen LogP contribution in [0.4, 0.5) is 0 Å². The molecule has 1 saturated heterocycles. The fourth-order valence-corrected chi connectivity index (χ4v) is 2.88. The molecule has 110 valence electrons. The van der Waals surface area contributed by atoms with Gasteiger partial charge >= 0.3 is 5.97 Å². The summed E-state index contributed by atoms with van der Waals surface area (Å²) in [5.41, 5.74) is 0.638. The van der Waals surface area contributed by atoms with Crippen LogP contribution < -0.4 is 5.32 Å². The summed E-state index contributed by atoms with van der Waals surface area (Å²) in [7, 11) is 0. The molecule has 0 spiro atoms. The zero-order chi connectivity index (χ0) is 14.8. The number of hydrogen-bond donors (Lipinski definition) is 1. The van der Waals surface area contributed by atoms with Gasteiger partial charge in [0.25, 0.3) is 0 Å². The second-order valence-corrected chi connectivity index (χ2v) is 6.71. The third kappa shape index (κ3) is 3.83. The van der Waals surface area contributed by atoms with Gasteiger partial charge in [-0.25, -0.2) is 4.79 Å². The average Bonchev–Trinajstić information content (AvgIpc) is 2.37. The smallest absolute Gasteiger partial charge is 0.338 e. The largest absolute Gasteiger partial charge is 0.459 e. The fraction of sp³-hybridized carbons (Fsp3) is 0.588. The topological polar surface area (TPSA) is 38.3 Å². The number of carbonyl (C=O) groups excluding carboxylic acids is 1. The number of carbonyl (C=O) groups is 1. The lowest BCUT2D eigenvalue weighted by molar-refractivity contribution is 0.000364. The maximum atomic E-state index is 12.2. The van der Waals surface area contributed by atoms with Gasteiger partial charge in [0.2, 0.25) is 0 Å². The van der Waals surface area contributed by atoms with E-state index in [2.05, 4.69) is 33.0 Å². The molecule has 1 fully saturated rings. The Bertz CT molecular complexity index is 453. The van der Waals surface area contributed by atoms with Gasteiger partial charge in [0.05, 0.1) is 5.56 Å². The summed E-state index contributed by atoms with van der Waals surface area (Å²) in [4.78, 5) is 12.2. The van der Waals surface area contributed by atoms with Crippen LogP contribution in [-0.2, 0) is 4.74 Å². The summed E-state index contributed by atoms with van der Waals surface area (Å²) in [5.74, 6) is 0.323. The maximum absolute atomic E-state index is 12.2. The van der Waals surface area contributed by atoms with Crippen LogP contribution in [0.15, 0.2) is 30.3 Å². The SMILES string of the molecule is CC(C)C1CC(OC(=O)c2ccccc2)CC(C)(C)N1. The monoisotopic (exact) mass is 275 g/mol. The minimum Gasteiger partial charge on any atom is -0.459 e. The molecule has 0 amide bonds. The van der Waals surface area contributed by atoms with Crippen molar-refractivity contribution in [1.29, 1.82) is 0 Å². The Hall–Kier alpha value is -1.35. The van der Waals surface area contributed by atoms with Gasteiger partial charge in [0.15, 0.2) is 0 Å². The zero-order valence-electron chi connectivity index (χ0n) is 12.8. The molecule has 3 nitrogen and oxygen atoms in total. The minimum absolute atomic E-state index is 0.00800. The van der Waals surface area contributed by atoms with Crippen LogP contribution in [-0.4, -0.2) is 23.7 Å². The molecule has 3 heteroatoms. The van der Waals surface area contributed by atoms with E-state index in [9.17, 15) is 4.79 Å². The van der Waals surface area contributed by atoms with E-state index < -0.39 is 0 Å². The van der Waals surface area contributed by atoms with Gasteiger partial charge in [0, 0.05) is 24.4 Å². The molecular formula is C17H25NO2. The molecule has 0 radical (unpaired) electrons. The van der Waals surface area contributed by atoms with Crippen molar-refractivity contribution in [2.24, 2.45) is 5.92 Å². The summed E-state index contributed by atoms with van der Waals surface area (Å²) < 4.78 is 5.71. The van der Waals surface area contributed by atoms with Crippen molar-refractivity contribution in [2.45, 2.75) is 58.2 Å². The quantitative estimate of drug-likeness (QED) is 0.859. The molecule has 1 N–H and O–H groups in total. The van der Waals surface area contributed by atoms with Gasteiger partial charge in [-0.2, -0.15) is 0 Å². The third-order valence-corrected chi connectivity index (χ3v) is 3.92. The lowest BCUT2D eigenvalue weighted by atomic mass is 9.83. The molecule has 1 aromatic carbocycles. The fourth-order valence-electron chi connectivity index (χ4n) is 2.88. The molecule has 1 aliphatic heterocycles. The number of ether oxygens (including phenoxy) is 1. The molecule has 1 heterocycles. The van der Waals surface area contributed by atoms with E-state index in [0.717, 1.165) is 12.8 Å². The highest BCUT2D eigenvalue weighted by atomic mass is 16.5. The van der Waals surface area contributed by atoms with Crippen LogP contribution in [0.25, 0.3) is 0 Å². The number of esters is 1. The maximum Gasteiger partial charge on any atom is 0.338 e. The second-order valence-electron chi connectivity index (χ2n) is 6.71. The first-order chi connectivity index (χ1) is 9.37. The molecule has 20 heavy (non-hydrogen) atoms. The normalized spacial score (nSPS) is 25.4. The number of piperidine rings is 1. The average molecular weight is 275 g/mol. The van der Waals surface area contributed by atoms with Gasteiger partial charge in [-0.15, -0.1) is 0 Å². The van der Waals surface area contributed by atoms with E-state index in [1.54, 1.807) is 12.1 Å². The standard InChI is InChI=1S/C17H25NO2/c1-12(2)15-10-14(11-17(3,4)18-15)20-16(19)13-8-6-5-7-9-13/h5-9,12,14-15,18H,10-11H2,1-4H3. The summed E-state index contributed by atoms with van der Waals surface area (Å²) in [6, 6.07) is 9.62. The van der Waals surface area contributed by atoms with Crippen LogP contribution in [0.3, 0.4) is 0 Å². The predicted octanol–water partition coefficient (Wildman–Crippen LogP) is 3.40. The summed E-state index contributed by atoms with van der Waals surface area (Å²) in [6.07, 6.45) is 1.74. The van der Waals surface area contributed by atoms with E-state index in [1.807, 2.05) is 18.2 Å². The number of rotatable bonds is 3. The Kier molecular flexibility index (Phi) is 4.48. The van der Waals surface area contributed by atoms with Gasteiger partial charge in [-0.3, -0.25) is 0 Å². The lowest BCUT2D eigenvalue weighted by Crippen LogP contribution is -2.56. The van der Waals surface area contributed by atoms with Gasteiger partial charge < -0.3 is 10.1 Å². The summed E-state index contributed by atoms with van der Waals surface area (Å²) >= 11 is 0. The van der Waals surface area contributed by atoms with Crippen LogP contribution in [0.2, 0.25) is 0 Å². The van der Waals surface area contributed by atoms with E-state index >= 15 is 0 Å². The number of hydrogen-bond acceptors (Lipinski definition) is 3. The molecule has 2 unspecified atom stereocenters. The van der Waals surface area contributed by atoms with Crippen molar-refractivity contribution in [2.75, 3.05) is 0 Å². The molecule has 0 bridgehead atoms. The van der Waals surface area contributed by atoms with Crippen LogP contribution in [0.5, 0.6) is 0 Å². The first kappa shape index (κ1) is 15.0. The molecule has 1 aliphatic rings. The molecule has 2 atom stereocenters. The highest BCUT2D eigenvalue weighted by Crippen LogP contribution is 2.28. The molecule has 0 aliphatic carbocycles. The van der Waals surface area contributed by atoms with E-state index in [1.165, 1.54) is 0 Å². The van der Waals surface area contributed by atoms with E-state index in [4.69, 9.17) is 4.74 Å². The van der Waals surface area contributed by atoms with Crippen molar-refractivity contribution in [3.8, 4) is 0 Å². The van der Waals surface area contributed by atoms with Crippen LogP contribution in [0, 0.1) is 5.92 Å². The highest BCUT2D eigenvalue weighted by Gasteiger charge is 2.36. The van der Waals surface area contributed by atoms with Gasteiger partial charge in [-0.05, 0) is 31.9 Å². The van der Waals surface area contributed by atoms with Crippen molar-refractivity contribution >= 4 is 5.97 Å². The number of benzene rings is 1. The Morgan fingerprint density at radius 3 is 2.55 bits per heavy atom.